The van der Waals surface area contributed by atoms with Gasteiger partial charge in [-0.25, -0.2) is 0 Å². The summed E-state index contributed by atoms with van der Waals surface area (Å²) in [4.78, 5) is 13.4. The van der Waals surface area contributed by atoms with Crippen LogP contribution in [-0.2, 0) is 5.41 Å². The fourth-order valence-corrected chi connectivity index (χ4v) is 4.45. The van der Waals surface area contributed by atoms with E-state index in [-0.39, 0.29) is 36.4 Å². The predicted octanol–water partition coefficient (Wildman–Crippen LogP) is 2.87. The molecule has 0 aromatic heterocycles. The minimum atomic E-state index is -0.935. The fourth-order valence-electron chi connectivity index (χ4n) is 4.45. The van der Waals surface area contributed by atoms with Crippen LogP contribution in [0.4, 0.5) is 5.69 Å². The summed E-state index contributed by atoms with van der Waals surface area (Å²) in [6.45, 7) is 6.44. The quantitative estimate of drug-likeness (QED) is 0.695. The molecule has 6 heteroatoms. The van der Waals surface area contributed by atoms with Crippen molar-refractivity contribution in [1.29, 1.82) is 0 Å². The molecule has 0 saturated carbocycles. The van der Waals surface area contributed by atoms with Crippen LogP contribution in [0.5, 0.6) is 11.5 Å². The Morgan fingerprint density at radius 2 is 1.86 bits per heavy atom. The van der Waals surface area contributed by atoms with Crippen LogP contribution in [0.1, 0.15) is 48.2 Å². The average molecular weight is 397 g/mol. The molecule has 3 N–H and O–H groups in total. The molecule has 2 aromatic rings. The second-order valence-electron chi connectivity index (χ2n) is 8.22. The van der Waals surface area contributed by atoms with E-state index in [0.29, 0.717) is 17.9 Å². The first-order valence-electron chi connectivity index (χ1n) is 10.0. The standard InChI is InChI=1S/C23H27NO5/c1-4-28-15-6-8-17-19(10-15)24-22-20(17)21(27)16-7-5-14(29-12-13(26)11-25)9-18(16)23(22,2)3/h5-10,13,20,22,24-26H,4,11-12H2,1-3H3/t13-,20?,22?/m1/s1. The molecular weight excluding hydrogens is 370 g/mol. The van der Waals surface area contributed by atoms with Crippen molar-refractivity contribution in [3.8, 4) is 11.5 Å². The number of fused-ring (bicyclic) bond motifs is 4. The van der Waals surface area contributed by atoms with E-state index in [2.05, 4.69) is 19.2 Å². The number of aliphatic hydroxyl groups excluding tert-OH is 2. The number of rotatable bonds is 6. The predicted molar refractivity (Wildman–Crippen MR) is 110 cm³/mol. The van der Waals surface area contributed by atoms with Crippen LogP contribution in [-0.4, -0.2) is 48.0 Å². The number of nitrogens with one attached hydrogen (secondary N) is 1. The molecule has 1 aliphatic heterocycles. The monoisotopic (exact) mass is 397 g/mol. The maximum absolute atomic E-state index is 13.4. The van der Waals surface area contributed by atoms with Gasteiger partial charge in [-0.3, -0.25) is 4.79 Å². The van der Waals surface area contributed by atoms with E-state index >= 15 is 0 Å². The van der Waals surface area contributed by atoms with E-state index < -0.39 is 6.10 Å². The van der Waals surface area contributed by atoms with Gasteiger partial charge in [0.1, 0.15) is 24.2 Å². The Kier molecular flexibility index (Phi) is 5.00. The van der Waals surface area contributed by atoms with Crippen molar-refractivity contribution in [3.63, 3.8) is 0 Å². The molecule has 2 unspecified atom stereocenters. The number of benzene rings is 2. The highest BCUT2D eigenvalue weighted by atomic mass is 16.5. The molecule has 1 heterocycles. The van der Waals surface area contributed by atoms with Crippen LogP contribution in [0, 0.1) is 0 Å². The summed E-state index contributed by atoms with van der Waals surface area (Å²) in [5, 5.41) is 22.1. The van der Waals surface area contributed by atoms with Crippen LogP contribution >= 0.6 is 0 Å². The maximum atomic E-state index is 13.4. The third kappa shape index (κ3) is 3.26. The minimum absolute atomic E-state index is 0.000385. The second kappa shape index (κ2) is 7.35. The Bertz CT molecular complexity index is 939. The number of hydrogen-bond donors (Lipinski definition) is 3. The lowest BCUT2D eigenvalue weighted by molar-refractivity contribution is 0.0535. The van der Waals surface area contributed by atoms with Gasteiger partial charge in [0.05, 0.1) is 19.1 Å². The number of anilines is 1. The summed E-state index contributed by atoms with van der Waals surface area (Å²) in [5.41, 5.74) is 3.25. The molecule has 4 rings (SSSR count). The Morgan fingerprint density at radius 1 is 1.14 bits per heavy atom. The topological polar surface area (TPSA) is 88.0 Å². The highest BCUT2D eigenvalue weighted by Gasteiger charge is 2.51. The minimum Gasteiger partial charge on any atom is -0.494 e. The molecule has 0 saturated heterocycles. The zero-order chi connectivity index (χ0) is 20.8. The Hall–Kier alpha value is -2.57. The summed E-state index contributed by atoms with van der Waals surface area (Å²) in [7, 11) is 0. The van der Waals surface area contributed by atoms with E-state index in [1.807, 2.05) is 37.3 Å². The Morgan fingerprint density at radius 3 is 2.59 bits per heavy atom. The number of Topliss-reactive ketones (excluding diaryl/α,β-unsaturated/α-hetero) is 1. The SMILES string of the molecule is CCOc1ccc2c(c1)NC1C2C(=O)c2ccc(OC[C@H](O)CO)cc2C1(C)C. The lowest BCUT2D eigenvalue weighted by Gasteiger charge is -2.41. The number of carbonyl (C=O) groups is 1. The molecule has 0 radical (unpaired) electrons. The highest BCUT2D eigenvalue weighted by molar-refractivity contribution is 6.07. The number of ketones is 1. The first-order chi connectivity index (χ1) is 13.9. The van der Waals surface area contributed by atoms with Gasteiger partial charge in [-0.15, -0.1) is 0 Å². The molecule has 0 bridgehead atoms. The van der Waals surface area contributed by atoms with Gasteiger partial charge < -0.3 is 25.0 Å². The van der Waals surface area contributed by atoms with Crippen molar-refractivity contribution in [2.45, 2.75) is 44.2 Å². The zero-order valence-corrected chi connectivity index (χ0v) is 16.9. The normalized spacial score (nSPS) is 22.2. The molecular formula is C23H27NO5. The van der Waals surface area contributed by atoms with Crippen LogP contribution < -0.4 is 14.8 Å². The molecule has 2 aromatic carbocycles. The number of ether oxygens (including phenoxy) is 2. The third-order valence-corrected chi connectivity index (χ3v) is 5.98. The number of hydrogen-bond acceptors (Lipinski definition) is 6. The molecule has 0 amide bonds. The Balaban J connectivity index is 1.69. The van der Waals surface area contributed by atoms with Crippen LogP contribution in [0.25, 0.3) is 0 Å². The summed E-state index contributed by atoms with van der Waals surface area (Å²) in [6, 6.07) is 11.2. The lowest BCUT2D eigenvalue weighted by atomic mass is 9.64. The molecule has 3 atom stereocenters. The van der Waals surface area contributed by atoms with Crippen LogP contribution in [0.3, 0.4) is 0 Å². The van der Waals surface area contributed by atoms with Gasteiger partial charge in [-0.05, 0) is 42.3 Å². The molecule has 0 fully saturated rings. The van der Waals surface area contributed by atoms with Crippen LogP contribution in [0.15, 0.2) is 36.4 Å². The van der Waals surface area contributed by atoms with Gasteiger partial charge in [0.15, 0.2) is 5.78 Å². The first-order valence-corrected chi connectivity index (χ1v) is 10.0. The van der Waals surface area contributed by atoms with E-state index in [9.17, 15) is 9.90 Å². The average Bonchev–Trinajstić information content (AvgIpc) is 3.10. The first kappa shape index (κ1) is 19.7. The summed E-state index contributed by atoms with van der Waals surface area (Å²) in [6.07, 6.45) is -0.935. The van der Waals surface area contributed by atoms with Crippen molar-refractivity contribution >= 4 is 11.5 Å². The fraction of sp³-hybridized carbons (Fsp3) is 0.435. The Labute approximate surface area is 170 Å². The van der Waals surface area contributed by atoms with Gasteiger partial charge in [0.25, 0.3) is 0 Å². The molecule has 2 aliphatic rings. The molecule has 1 aliphatic carbocycles. The molecule has 154 valence electrons. The van der Waals surface area contributed by atoms with Crippen molar-refractivity contribution in [1.82, 2.24) is 0 Å². The van der Waals surface area contributed by atoms with Crippen molar-refractivity contribution in [2.75, 3.05) is 25.1 Å². The van der Waals surface area contributed by atoms with Crippen molar-refractivity contribution in [2.24, 2.45) is 0 Å². The smallest absolute Gasteiger partial charge is 0.172 e. The summed E-state index contributed by atoms with van der Waals surface area (Å²) >= 11 is 0. The van der Waals surface area contributed by atoms with Gasteiger partial charge in [-0.1, -0.05) is 19.9 Å². The van der Waals surface area contributed by atoms with E-state index in [1.54, 1.807) is 6.07 Å². The van der Waals surface area contributed by atoms with Gasteiger partial charge >= 0.3 is 0 Å². The molecule has 6 nitrogen and oxygen atoms in total. The van der Waals surface area contributed by atoms with Gasteiger partial charge in [-0.2, -0.15) is 0 Å². The zero-order valence-electron chi connectivity index (χ0n) is 16.9. The maximum Gasteiger partial charge on any atom is 0.172 e. The molecule has 29 heavy (non-hydrogen) atoms. The second-order valence-corrected chi connectivity index (χ2v) is 8.22. The number of aliphatic hydroxyl groups is 2. The van der Waals surface area contributed by atoms with Gasteiger partial charge in [0, 0.05) is 28.8 Å². The summed E-state index contributed by atoms with van der Waals surface area (Å²) < 4.78 is 11.2. The lowest BCUT2D eigenvalue weighted by Crippen LogP contribution is -2.47. The highest BCUT2D eigenvalue weighted by Crippen LogP contribution is 2.51. The van der Waals surface area contributed by atoms with Crippen molar-refractivity contribution < 1.29 is 24.5 Å². The van der Waals surface area contributed by atoms with Crippen molar-refractivity contribution in [3.05, 3.63) is 53.1 Å². The van der Waals surface area contributed by atoms with Crippen LogP contribution in [0.2, 0.25) is 0 Å². The van der Waals surface area contributed by atoms with E-state index in [0.717, 1.165) is 22.6 Å². The molecule has 0 spiro atoms. The largest absolute Gasteiger partial charge is 0.494 e. The number of carbonyl (C=O) groups excluding carboxylic acids is 1. The summed E-state index contributed by atoms with van der Waals surface area (Å²) in [5.74, 6) is 1.22. The third-order valence-electron chi connectivity index (χ3n) is 5.98. The van der Waals surface area contributed by atoms with E-state index in [1.165, 1.54) is 0 Å². The van der Waals surface area contributed by atoms with Gasteiger partial charge in [0.2, 0.25) is 0 Å². The van der Waals surface area contributed by atoms with E-state index in [4.69, 9.17) is 14.6 Å².